The Balaban J connectivity index is 0.00000287. The van der Waals surface area contributed by atoms with Crippen LogP contribution < -0.4 is 76.3 Å². The predicted octanol–water partition coefficient (Wildman–Crippen LogP) is 0.481. The van der Waals surface area contributed by atoms with Crippen molar-refractivity contribution in [1.82, 2.24) is 44.9 Å². The van der Waals surface area contributed by atoms with Gasteiger partial charge in [-0.25, -0.2) is 9.48 Å². The summed E-state index contributed by atoms with van der Waals surface area (Å²) in [6, 6.07) is 14.0. The van der Waals surface area contributed by atoms with Gasteiger partial charge in [-0.05, 0) is 69.0 Å². The molecule has 7 rings (SSSR count). The first-order valence-corrected chi connectivity index (χ1v) is 26.0. The summed E-state index contributed by atoms with van der Waals surface area (Å²) in [6.07, 6.45) is -0.609. The summed E-state index contributed by atoms with van der Waals surface area (Å²) in [5.74, 6) is -3.89. The molecule has 28 heteroatoms. The second-order valence-corrected chi connectivity index (χ2v) is 20.1. The van der Waals surface area contributed by atoms with Crippen LogP contribution >= 0.6 is 23.2 Å². The Hall–Kier alpha value is -5.46. The van der Waals surface area contributed by atoms with E-state index in [0.29, 0.717) is 114 Å². The number of likely N-dealkylation sites (N-methyl/N-ethyl adjacent to an activating group) is 1. The molecular formula is C52H65Cl2KN10O15. The monoisotopic (exact) mass is 1180 g/mol. The fraction of sp³-hybridized carbons (Fsp3) is 0.462. The molecule has 4 aromatic rings. The van der Waals surface area contributed by atoms with Gasteiger partial charge in [-0.1, -0.05) is 42.3 Å². The van der Waals surface area contributed by atoms with Gasteiger partial charge < -0.3 is 65.4 Å². The Kier molecular flexibility index (Phi) is 25.4. The molecule has 2 fully saturated rings. The molecule has 3 aromatic carbocycles. The zero-order chi connectivity index (χ0) is 57.4. The van der Waals surface area contributed by atoms with Crippen molar-refractivity contribution in [2.75, 3.05) is 112 Å². The number of carboxylic acids is 3. The summed E-state index contributed by atoms with van der Waals surface area (Å²) in [5.41, 5.74) is 7.15. The minimum absolute atomic E-state index is 0. The van der Waals surface area contributed by atoms with Crippen molar-refractivity contribution in [2.24, 2.45) is 0 Å². The van der Waals surface area contributed by atoms with Crippen molar-refractivity contribution in [1.29, 1.82) is 0 Å². The first-order chi connectivity index (χ1) is 37.7. The molecule has 6 N–H and O–H groups in total. The van der Waals surface area contributed by atoms with Crippen molar-refractivity contribution >= 4 is 65.3 Å². The average molecular weight is 1180 g/mol. The maximum absolute atomic E-state index is 14.4. The minimum Gasteiger partial charge on any atom is -0.586 e. The first-order valence-electron chi connectivity index (χ1n) is 25.2. The quantitative estimate of drug-likeness (QED) is 0.0322. The van der Waals surface area contributed by atoms with Gasteiger partial charge in [-0.15, -0.1) is 0 Å². The molecule has 0 saturated carbocycles. The van der Waals surface area contributed by atoms with Gasteiger partial charge in [0.1, 0.15) is 29.9 Å². The molecule has 3 aliphatic rings. The van der Waals surface area contributed by atoms with Crippen molar-refractivity contribution in [3.63, 3.8) is 0 Å². The van der Waals surface area contributed by atoms with E-state index in [4.69, 9.17) is 57.2 Å². The van der Waals surface area contributed by atoms with Crippen molar-refractivity contribution in [3.05, 3.63) is 81.4 Å². The number of methoxy groups -OCH3 is 1. The number of morpholine rings is 1. The number of hydroxylamine groups is 1. The number of aliphatic carboxylic acids is 3. The molecule has 1 atom stereocenters. The van der Waals surface area contributed by atoms with Gasteiger partial charge in [-0.2, -0.15) is 5.10 Å². The Morgan fingerprint density at radius 2 is 1.43 bits per heavy atom. The van der Waals surface area contributed by atoms with E-state index in [-0.39, 0.29) is 128 Å². The third-order valence-corrected chi connectivity index (χ3v) is 13.7. The zero-order valence-corrected chi connectivity index (χ0v) is 49.8. The molecule has 4 heterocycles. The number of carbonyl (C=O) groups is 7. The van der Waals surface area contributed by atoms with Crippen molar-refractivity contribution in [2.45, 2.75) is 45.4 Å². The van der Waals surface area contributed by atoms with Gasteiger partial charge in [-0.3, -0.25) is 43.5 Å². The standard InChI is InChI=1S/C51H63Cl2N10O13.CH2O2.K/c1-5-58-9-11-59(13-14-61(28-46(68)69)16-15-60(12-10-58)27-45(66)67)26-44(65)56-40(50(71)72)24-43(64)54-31-55-76-36-8-6-7-32(19-36)37-23-38-42(25-41(37)73-4)75-29-39-47(49(70)62-17-18-74-30-51(62,2)3)57-63(48(38)39)35-21-33(52)20-34(53)22-35;2-1-3;/h6-8,19-23,25,40H,5,9-18,24,26-31H2,1-4H3,(H,54,64)(H,56,65)(H,66,67)(H,68,69)(H,71,72);1H,(H,2,3);/q-1;;+1. The number of aromatic nitrogens is 2. The number of benzene rings is 3. The van der Waals surface area contributed by atoms with Crippen LogP contribution in [0, 0.1) is 0 Å². The van der Waals surface area contributed by atoms with Gasteiger partial charge in [0.2, 0.25) is 11.8 Å². The normalized spacial score (nSPS) is 16.4. The summed E-state index contributed by atoms with van der Waals surface area (Å²) in [5, 5.41) is 46.4. The van der Waals surface area contributed by atoms with Gasteiger partial charge in [0.05, 0.1) is 63.3 Å². The number of nitrogens with one attached hydrogen (secondary N) is 2. The number of halogens is 2. The molecule has 428 valence electrons. The molecule has 1 aromatic heterocycles. The van der Waals surface area contributed by atoms with E-state index in [1.165, 1.54) is 7.11 Å². The average Bonchev–Trinajstić information content (AvgIpc) is 3.81. The summed E-state index contributed by atoms with van der Waals surface area (Å²) >= 11 is 13.0. The second kappa shape index (κ2) is 31.1. The zero-order valence-electron chi connectivity index (χ0n) is 45.2. The molecule has 0 aliphatic carbocycles. The molecule has 25 nitrogen and oxygen atoms in total. The number of hydrogen-bond acceptors (Lipinski definition) is 16. The number of ether oxygens (including phenoxy) is 3. The third-order valence-electron chi connectivity index (χ3n) is 13.2. The van der Waals surface area contributed by atoms with E-state index >= 15 is 0 Å². The van der Waals surface area contributed by atoms with E-state index in [2.05, 4.69) is 21.0 Å². The second-order valence-electron chi connectivity index (χ2n) is 19.2. The molecule has 1 unspecified atom stereocenters. The number of carboxylic acid groups (broad SMARTS) is 4. The van der Waals surface area contributed by atoms with Crippen LogP contribution in [0.3, 0.4) is 0 Å². The van der Waals surface area contributed by atoms with Crippen LogP contribution in [0.1, 0.15) is 43.2 Å². The molecule has 80 heavy (non-hydrogen) atoms. The molecule has 3 aliphatic heterocycles. The number of nitrogens with zero attached hydrogens (tertiary/aromatic N) is 8. The van der Waals surface area contributed by atoms with E-state index in [1.807, 2.05) is 32.9 Å². The predicted molar refractivity (Wildman–Crippen MR) is 288 cm³/mol. The largest absolute Gasteiger partial charge is 1.00 e. The minimum atomic E-state index is -1.58. The number of rotatable bonds is 19. The number of carbonyl (C=O) groups excluding carboxylic acids is 3. The molecule has 0 radical (unpaired) electrons. The van der Waals surface area contributed by atoms with E-state index < -0.39 is 47.7 Å². The van der Waals surface area contributed by atoms with Gasteiger partial charge in [0.15, 0.2) is 5.69 Å². The summed E-state index contributed by atoms with van der Waals surface area (Å²) < 4.78 is 19.5. The number of amides is 3. The summed E-state index contributed by atoms with van der Waals surface area (Å²) in [6.45, 7) is 9.36. The smallest absolute Gasteiger partial charge is 0.586 e. The maximum Gasteiger partial charge on any atom is 1.00 e. The van der Waals surface area contributed by atoms with E-state index in [9.17, 15) is 44.1 Å². The number of fused-ring (bicyclic) bond motifs is 3. The SMILES string of the molecule is CCN1CCN(CC(=O)O)CCN(CC(=O)O)CCN(CC(=O)NC(CC(=O)NC[N-]Oc2cccc(-c3cc4c(cc3OC)OCc3c(C(=O)N5CCOCC5(C)C)nn(-c5cc(Cl)cc(Cl)c5)c3-4)c2)C(=O)O)CC1.O=CO.[K+]. The van der Waals surface area contributed by atoms with Gasteiger partial charge >= 0.3 is 69.3 Å². The topological polar surface area (TPSA) is 310 Å². The summed E-state index contributed by atoms with van der Waals surface area (Å²) in [4.78, 5) is 99.3. The fourth-order valence-corrected chi connectivity index (χ4v) is 9.77. The number of hydrogen-bond donors (Lipinski definition) is 6. The van der Waals surface area contributed by atoms with Crippen LogP contribution in [0.4, 0.5) is 0 Å². The molecular weight excluding hydrogens is 1110 g/mol. The first kappa shape index (κ1) is 65.3. The maximum atomic E-state index is 14.4. The van der Waals surface area contributed by atoms with Crippen LogP contribution in [0.15, 0.2) is 54.6 Å². The van der Waals surface area contributed by atoms with Crippen LogP contribution in [-0.2, 0) is 40.1 Å². The molecule has 3 amide bonds. The van der Waals surface area contributed by atoms with Crippen LogP contribution in [-0.4, -0.2) is 220 Å². The Morgan fingerprint density at radius 1 is 0.825 bits per heavy atom. The van der Waals surface area contributed by atoms with Crippen LogP contribution in [0.2, 0.25) is 10.0 Å². The molecule has 0 spiro atoms. The Labute approximate surface area is 514 Å². The van der Waals surface area contributed by atoms with Gasteiger partial charge in [0.25, 0.3) is 12.4 Å². The van der Waals surface area contributed by atoms with Crippen molar-refractivity contribution in [3.8, 4) is 45.3 Å². The van der Waals surface area contributed by atoms with Crippen molar-refractivity contribution < 1.29 is 124 Å². The summed E-state index contributed by atoms with van der Waals surface area (Å²) in [7, 11) is 1.53. The Bertz CT molecular complexity index is 2820. The fourth-order valence-electron chi connectivity index (χ4n) is 9.26. The van der Waals surface area contributed by atoms with Gasteiger partial charge in [0, 0.05) is 91.7 Å². The van der Waals surface area contributed by atoms with Crippen LogP contribution in [0.5, 0.6) is 17.2 Å². The van der Waals surface area contributed by atoms with E-state index in [0.717, 1.165) is 0 Å². The molecule has 2 saturated heterocycles. The third kappa shape index (κ3) is 18.3. The molecule has 0 bridgehead atoms. The van der Waals surface area contributed by atoms with E-state index in [1.54, 1.807) is 66.7 Å². The Morgan fingerprint density at radius 3 is 1.99 bits per heavy atom. The van der Waals surface area contributed by atoms with Crippen LogP contribution in [0.25, 0.3) is 33.6 Å².